The molecular formula is C16H18N2O6. The van der Waals surface area contributed by atoms with Crippen molar-refractivity contribution in [2.45, 2.75) is 26.3 Å². The number of esters is 1. The summed E-state index contributed by atoms with van der Waals surface area (Å²) in [5, 5.41) is 9.49. The number of carboxylic acid groups (broad SMARTS) is 1. The Bertz CT molecular complexity index is 909. The van der Waals surface area contributed by atoms with Crippen LogP contribution in [0, 0.1) is 5.92 Å². The lowest BCUT2D eigenvalue weighted by molar-refractivity contribution is -0.141. The summed E-state index contributed by atoms with van der Waals surface area (Å²) in [6.45, 7) is 3.61. The van der Waals surface area contributed by atoms with Gasteiger partial charge >= 0.3 is 17.6 Å². The molecular weight excluding hydrogens is 316 g/mol. The number of carboxylic acids is 1. The maximum atomic E-state index is 12.6. The molecule has 1 aromatic carbocycles. The number of benzene rings is 1. The molecule has 0 radical (unpaired) electrons. The summed E-state index contributed by atoms with van der Waals surface area (Å²) in [5.74, 6) is -1.87. The number of fused-ring (bicyclic) bond motifs is 1. The van der Waals surface area contributed by atoms with Crippen LogP contribution in [0.25, 0.3) is 10.9 Å². The monoisotopic (exact) mass is 334 g/mol. The molecule has 0 fully saturated rings. The van der Waals surface area contributed by atoms with Crippen molar-refractivity contribution < 1.29 is 19.4 Å². The summed E-state index contributed by atoms with van der Waals surface area (Å²) < 4.78 is 5.30. The van der Waals surface area contributed by atoms with Crippen LogP contribution in [0.4, 0.5) is 0 Å². The molecule has 0 spiro atoms. The van der Waals surface area contributed by atoms with Crippen molar-refractivity contribution in [1.82, 2.24) is 9.55 Å². The molecule has 2 aromatic rings. The highest BCUT2D eigenvalue weighted by molar-refractivity contribution is 5.94. The zero-order valence-electron chi connectivity index (χ0n) is 13.5. The van der Waals surface area contributed by atoms with Crippen LogP contribution < -0.4 is 11.2 Å². The van der Waals surface area contributed by atoms with Gasteiger partial charge in [0.25, 0.3) is 5.56 Å². The van der Waals surface area contributed by atoms with E-state index < -0.39 is 29.2 Å². The van der Waals surface area contributed by atoms with Crippen molar-refractivity contribution in [3.8, 4) is 0 Å². The Balaban J connectivity index is 2.70. The van der Waals surface area contributed by atoms with Crippen LogP contribution >= 0.6 is 0 Å². The summed E-state index contributed by atoms with van der Waals surface area (Å²) in [7, 11) is 1.22. The molecule has 1 aromatic heterocycles. The minimum absolute atomic E-state index is 0.0187. The van der Waals surface area contributed by atoms with Crippen molar-refractivity contribution in [2.75, 3.05) is 7.11 Å². The molecule has 128 valence electrons. The van der Waals surface area contributed by atoms with Crippen LogP contribution in [0.15, 0.2) is 27.8 Å². The number of rotatable bonds is 5. The lowest BCUT2D eigenvalue weighted by atomic mass is 10.0. The van der Waals surface area contributed by atoms with Crippen LogP contribution in [0.1, 0.15) is 36.7 Å². The number of hydrogen-bond donors (Lipinski definition) is 2. The second kappa shape index (κ2) is 6.69. The highest BCUT2D eigenvalue weighted by Gasteiger charge is 2.25. The number of carbonyl (C=O) groups excluding carboxylic acids is 1. The van der Waals surface area contributed by atoms with Crippen molar-refractivity contribution in [1.29, 1.82) is 0 Å². The van der Waals surface area contributed by atoms with E-state index in [1.165, 1.54) is 25.3 Å². The third-order valence-corrected chi connectivity index (χ3v) is 3.64. The molecule has 24 heavy (non-hydrogen) atoms. The first-order valence-electron chi connectivity index (χ1n) is 7.36. The maximum Gasteiger partial charge on any atom is 0.337 e. The fourth-order valence-electron chi connectivity index (χ4n) is 2.52. The summed E-state index contributed by atoms with van der Waals surface area (Å²) >= 11 is 0. The number of hydrogen-bond acceptors (Lipinski definition) is 5. The van der Waals surface area contributed by atoms with Crippen LogP contribution in [-0.4, -0.2) is 33.7 Å². The van der Waals surface area contributed by atoms with Gasteiger partial charge in [-0.3, -0.25) is 4.79 Å². The molecule has 0 unspecified atom stereocenters. The first-order valence-corrected chi connectivity index (χ1v) is 7.36. The predicted molar refractivity (Wildman–Crippen MR) is 86.3 cm³/mol. The molecule has 1 heterocycles. The van der Waals surface area contributed by atoms with Gasteiger partial charge in [0.15, 0.2) is 0 Å². The van der Waals surface area contributed by atoms with E-state index in [0.717, 1.165) is 0 Å². The SMILES string of the molecule is COC(=O)c1ccc2c(=O)n([C@@H](CC(C)C)C(=O)O)c(=O)[nH]c2c1. The van der Waals surface area contributed by atoms with Crippen LogP contribution in [0.2, 0.25) is 0 Å². The first-order chi connectivity index (χ1) is 11.3. The number of nitrogens with zero attached hydrogens (tertiary/aromatic N) is 1. The fraction of sp³-hybridized carbons (Fsp3) is 0.375. The van der Waals surface area contributed by atoms with Crippen molar-refractivity contribution >= 4 is 22.8 Å². The molecule has 0 bridgehead atoms. The maximum absolute atomic E-state index is 12.6. The summed E-state index contributed by atoms with van der Waals surface area (Å²) in [6.07, 6.45) is 0.143. The van der Waals surface area contributed by atoms with E-state index in [-0.39, 0.29) is 28.8 Å². The fourth-order valence-corrected chi connectivity index (χ4v) is 2.52. The average molecular weight is 334 g/mol. The van der Waals surface area contributed by atoms with Crippen LogP contribution in [0.3, 0.4) is 0 Å². The topological polar surface area (TPSA) is 118 Å². The number of H-pyrrole nitrogens is 1. The number of aromatic amines is 1. The lowest BCUT2D eigenvalue weighted by Crippen LogP contribution is -2.41. The molecule has 0 saturated carbocycles. The van der Waals surface area contributed by atoms with Crippen LogP contribution in [-0.2, 0) is 9.53 Å². The van der Waals surface area contributed by atoms with E-state index in [9.17, 15) is 24.3 Å². The van der Waals surface area contributed by atoms with Gasteiger partial charge in [-0.2, -0.15) is 0 Å². The Kier molecular flexibility index (Phi) is 4.87. The number of aliphatic carboxylic acids is 1. The molecule has 2 N–H and O–H groups in total. The third kappa shape index (κ3) is 3.22. The number of nitrogens with one attached hydrogen (secondary N) is 1. The summed E-state index contributed by atoms with van der Waals surface area (Å²) in [4.78, 5) is 50.3. The Morgan fingerprint density at radius 1 is 1.29 bits per heavy atom. The first kappa shape index (κ1) is 17.5. The summed E-state index contributed by atoms with van der Waals surface area (Å²) in [5.41, 5.74) is -1.21. The van der Waals surface area contributed by atoms with E-state index in [4.69, 9.17) is 0 Å². The molecule has 1 atom stereocenters. The quantitative estimate of drug-likeness (QED) is 0.792. The average Bonchev–Trinajstić information content (AvgIpc) is 2.52. The zero-order valence-corrected chi connectivity index (χ0v) is 13.5. The number of aromatic nitrogens is 2. The molecule has 0 aliphatic rings. The van der Waals surface area contributed by atoms with E-state index in [0.29, 0.717) is 4.57 Å². The minimum Gasteiger partial charge on any atom is -0.480 e. The Morgan fingerprint density at radius 3 is 2.50 bits per heavy atom. The van der Waals surface area contributed by atoms with Gasteiger partial charge in [-0.15, -0.1) is 0 Å². The highest BCUT2D eigenvalue weighted by atomic mass is 16.5. The molecule has 0 saturated heterocycles. The molecule has 8 nitrogen and oxygen atoms in total. The van der Waals surface area contributed by atoms with Gasteiger partial charge < -0.3 is 14.8 Å². The lowest BCUT2D eigenvalue weighted by Gasteiger charge is -2.17. The van der Waals surface area contributed by atoms with Crippen molar-refractivity contribution in [2.24, 2.45) is 5.92 Å². The standard InChI is InChI=1S/C16H18N2O6/c1-8(2)6-12(14(20)21)18-13(19)10-5-4-9(15(22)24-3)7-11(10)17-16(18)23/h4-5,7-8,12H,6H2,1-3H3,(H,17,23)(H,20,21)/t12-/m0/s1. The van der Waals surface area contributed by atoms with E-state index in [1.54, 1.807) is 13.8 Å². The highest BCUT2D eigenvalue weighted by Crippen LogP contribution is 2.16. The second-order valence-electron chi connectivity index (χ2n) is 5.84. The van der Waals surface area contributed by atoms with Gasteiger partial charge in [-0.05, 0) is 30.5 Å². The molecule has 0 amide bonds. The predicted octanol–water partition coefficient (Wildman–Crippen LogP) is 1.15. The van der Waals surface area contributed by atoms with Crippen LogP contribution in [0.5, 0.6) is 0 Å². The molecule has 8 heteroatoms. The number of carbonyl (C=O) groups is 2. The minimum atomic E-state index is -1.26. The van der Waals surface area contributed by atoms with Crippen molar-refractivity contribution in [3.63, 3.8) is 0 Å². The normalized spacial score (nSPS) is 12.3. The Labute approximate surface area is 136 Å². The van der Waals surface area contributed by atoms with E-state index in [1.807, 2.05) is 0 Å². The summed E-state index contributed by atoms with van der Waals surface area (Å²) in [6, 6.07) is 2.82. The molecule has 2 rings (SSSR count). The van der Waals surface area contributed by atoms with E-state index >= 15 is 0 Å². The van der Waals surface area contributed by atoms with Gasteiger partial charge in [0.1, 0.15) is 6.04 Å². The van der Waals surface area contributed by atoms with Crippen molar-refractivity contribution in [3.05, 3.63) is 44.6 Å². The Morgan fingerprint density at radius 2 is 1.96 bits per heavy atom. The zero-order chi connectivity index (χ0) is 18.0. The largest absolute Gasteiger partial charge is 0.480 e. The van der Waals surface area contributed by atoms with Gasteiger partial charge in [-0.25, -0.2) is 19.0 Å². The third-order valence-electron chi connectivity index (χ3n) is 3.64. The number of methoxy groups -OCH3 is 1. The second-order valence-corrected chi connectivity index (χ2v) is 5.84. The van der Waals surface area contributed by atoms with Gasteiger partial charge in [0, 0.05) is 0 Å². The molecule has 0 aliphatic carbocycles. The van der Waals surface area contributed by atoms with E-state index in [2.05, 4.69) is 9.72 Å². The Hall–Kier alpha value is -2.90. The smallest absolute Gasteiger partial charge is 0.337 e. The van der Waals surface area contributed by atoms with Gasteiger partial charge in [0.2, 0.25) is 0 Å². The van der Waals surface area contributed by atoms with Gasteiger partial charge in [0.05, 0.1) is 23.6 Å². The molecule has 0 aliphatic heterocycles. The van der Waals surface area contributed by atoms with Gasteiger partial charge in [-0.1, -0.05) is 13.8 Å². The number of ether oxygens (including phenoxy) is 1.